The fourth-order valence-corrected chi connectivity index (χ4v) is 0.388. The number of halogens is 1. The minimum atomic E-state index is -0.281. The van der Waals surface area contributed by atoms with Gasteiger partial charge in [0.2, 0.25) is 0 Å². The second-order valence-electron chi connectivity index (χ2n) is 0.875. The van der Waals surface area contributed by atoms with E-state index in [-0.39, 0.29) is 17.9 Å². The quantitative estimate of drug-likeness (QED) is 0.453. The Morgan fingerprint density at radius 2 is 2.43 bits per heavy atom. The molecule has 0 aromatic rings. The van der Waals surface area contributed by atoms with Gasteiger partial charge >= 0.3 is 5.97 Å². The van der Waals surface area contributed by atoms with Crippen LogP contribution in [0.25, 0.3) is 0 Å². The molecule has 0 aliphatic heterocycles. The summed E-state index contributed by atoms with van der Waals surface area (Å²) in [6, 6.07) is 0. The van der Waals surface area contributed by atoms with E-state index >= 15 is 0 Å². The van der Waals surface area contributed by atoms with Crippen LogP contribution >= 0.6 is 15.9 Å². The Morgan fingerprint density at radius 3 is 2.57 bits per heavy atom. The van der Waals surface area contributed by atoms with Gasteiger partial charge in [0.05, 0.1) is 0 Å². The molecule has 0 spiro atoms. The number of ether oxygens (including phenoxy) is 1. The summed E-state index contributed by atoms with van der Waals surface area (Å²) >= 11 is 2.92. The molecule has 0 aromatic carbocycles. The fraction of sp³-hybridized carbons (Fsp3) is 0.500. The largest absolute Gasteiger partial charge is 0.454 e. The molecule has 0 bridgehead atoms. The molecule has 0 rings (SSSR count). The summed E-state index contributed by atoms with van der Waals surface area (Å²) in [6.45, 7) is 3.31. The molecule has 0 aliphatic rings. The van der Waals surface area contributed by atoms with E-state index in [1.807, 2.05) is 0 Å². The van der Waals surface area contributed by atoms with Gasteiger partial charge in [0.1, 0.15) is 5.52 Å². The minimum absolute atomic E-state index is 0.200. The molecule has 3 heteroatoms. The van der Waals surface area contributed by atoms with Crippen molar-refractivity contribution in [3.63, 3.8) is 0 Å². The number of hydrogen-bond donors (Lipinski definition) is 0. The first-order valence-electron chi connectivity index (χ1n) is 1.82. The summed E-state index contributed by atoms with van der Waals surface area (Å²) < 4.78 is 4.41. The molecule has 0 unspecified atom stereocenters. The van der Waals surface area contributed by atoms with Crippen LogP contribution < -0.4 is 0 Å². The first-order chi connectivity index (χ1) is 3.31. The maximum atomic E-state index is 10.1. The predicted molar refractivity (Wildman–Crippen MR) is 29.9 cm³/mol. The Bertz CT molecular complexity index is 62.7. The van der Waals surface area contributed by atoms with E-state index in [1.165, 1.54) is 0 Å². The number of carbonyl (C=O) groups is 1. The lowest BCUT2D eigenvalue weighted by Crippen LogP contribution is -1.98. The number of hydrogen-bond acceptors (Lipinski definition) is 2. The zero-order valence-corrected chi connectivity index (χ0v) is 5.40. The highest BCUT2D eigenvalue weighted by molar-refractivity contribution is 9.09. The van der Waals surface area contributed by atoms with Crippen molar-refractivity contribution in [1.82, 2.24) is 0 Å². The van der Waals surface area contributed by atoms with E-state index in [2.05, 4.69) is 27.6 Å². The third-order valence-electron chi connectivity index (χ3n) is 0.420. The van der Waals surface area contributed by atoms with Crippen LogP contribution in [0.2, 0.25) is 0 Å². The molecule has 0 N–H and O–H groups in total. The zero-order valence-electron chi connectivity index (χ0n) is 3.82. The summed E-state index contributed by atoms with van der Waals surface area (Å²) in [5, 5.41) is 0. The lowest BCUT2D eigenvalue weighted by molar-refractivity contribution is -0.140. The second kappa shape index (κ2) is 4.12. The molecular formula is C4H6BrO2. The van der Waals surface area contributed by atoms with E-state index in [9.17, 15) is 4.79 Å². The van der Waals surface area contributed by atoms with Gasteiger partial charge < -0.3 is 4.74 Å². The van der Waals surface area contributed by atoms with Crippen molar-refractivity contribution in [2.75, 3.05) is 5.52 Å². The van der Waals surface area contributed by atoms with Crippen molar-refractivity contribution in [2.45, 2.75) is 6.42 Å². The Morgan fingerprint density at radius 1 is 1.86 bits per heavy atom. The minimum Gasteiger partial charge on any atom is -0.454 e. The van der Waals surface area contributed by atoms with Gasteiger partial charge in [-0.2, -0.15) is 0 Å². The third kappa shape index (κ3) is 3.79. The first-order valence-corrected chi connectivity index (χ1v) is 2.94. The van der Waals surface area contributed by atoms with Crippen molar-refractivity contribution in [1.29, 1.82) is 0 Å². The first kappa shape index (κ1) is 6.95. The van der Waals surface area contributed by atoms with Crippen molar-refractivity contribution < 1.29 is 9.53 Å². The van der Waals surface area contributed by atoms with E-state index in [0.29, 0.717) is 0 Å². The van der Waals surface area contributed by atoms with E-state index in [1.54, 1.807) is 0 Å². The van der Waals surface area contributed by atoms with Gasteiger partial charge in [0.15, 0.2) is 0 Å². The van der Waals surface area contributed by atoms with Crippen molar-refractivity contribution >= 4 is 21.9 Å². The molecule has 0 saturated carbocycles. The van der Waals surface area contributed by atoms with Crippen LogP contribution in [0.1, 0.15) is 6.42 Å². The SMILES string of the molecule is [CH2]CC(=O)OCBr. The molecule has 0 aromatic heterocycles. The van der Waals surface area contributed by atoms with Crippen LogP contribution in [0, 0.1) is 6.92 Å². The highest BCUT2D eigenvalue weighted by Crippen LogP contribution is 1.86. The van der Waals surface area contributed by atoms with Crippen molar-refractivity contribution in [3.8, 4) is 0 Å². The second-order valence-corrected chi connectivity index (χ2v) is 1.33. The lowest BCUT2D eigenvalue weighted by Gasteiger charge is -1.92. The van der Waals surface area contributed by atoms with Gasteiger partial charge in [-0.15, -0.1) is 0 Å². The molecular weight excluding hydrogens is 160 g/mol. The third-order valence-corrected chi connectivity index (χ3v) is 0.649. The van der Waals surface area contributed by atoms with E-state index in [0.717, 1.165) is 0 Å². The van der Waals surface area contributed by atoms with Gasteiger partial charge in [0, 0.05) is 6.42 Å². The van der Waals surface area contributed by atoms with Crippen molar-refractivity contribution in [3.05, 3.63) is 6.92 Å². The Labute approximate surface area is 51.0 Å². The molecule has 41 valence electrons. The van der Waals surface area contributed by atoms with Crippen LogP contribution in [-0.2, 0) is 9.53 Å². The number of alkyl halides is 1. The van der Waals surface area contributed by atoms with Crippen molar-refractivity contribution in [2.24, 2.45) is 0 Å². The summed E-state index contributed by atoms with van der Waals surface area (Å²) in [5.41, 5.74) is 0.265. The van der Waals surface area contributed by atoms with Crippen LogP contribution in [-0.4, -0.2) is 11.5 Å². The maximum absolute atomic E-state index is 10.1. The average molecular weight is 166 g/mol. The van der Waals surface area contributed by atoms with Gasteiger partial charge in [-0.25, -0.2) is 0 Å². The summed E-state index contributed by atoms with van der Waals surface area (Å²) in [7, 11) is 0. The van der Waals surface area contributed by atoms with E-state index in [4.69, 9.17) is 0 Å². The molecule has 7 heavy (non-hydrogen) atoms. The van der Waals surface area contributed by atoms with Gasteiger partial charge in [-0.1, -0.05) is 0 Å². The molecule has 0 amide bonds. The average Bonchev–Trinajstić information content (AvgIpc) is 1.68. The summed E-state index contributed by atoms with van der Waals surface area (Å²) in [5.74, 6) is -0.281. The Hall–Kier alpha value is -0.0500. The van der Waals surface area contributed by atoms with Crippen LogP contribution in [0.3, 0.4) is 0 Å². The van der Waals surface area contributed by atoms with Crippen LogP contribution in [0.5, 0.6) is 0 Å². The van der Waals surface area contributed by atoms with Gasteiger partial charge in [-0.3, -0.25) is 4.79 Å². The summed E-state index contributed by atoms with van der Waals surface area (Å²) in [6.07, 6.45) is 0.200. The number of esters is 1. The summed E-state index contributed by atoms with van der Waals surface area (Å²) in [4.78, 5) is 10.1. The molecule has 1 radical (unpaired) electrons. The molecule has 0 heterocycles. The molecule has 0 fully saturated rings. The normalized spacial score (nSPS) is 8.29. The smallest absolute Gasteiger partial charge is 0.306 e. The standard InChI is InChI=1S/C4H6BrO2/c1-2-4(6)7-3-5/h1-3H2. The molecule has 0 aliphatic carbocycles. The molecule has 2 nitrogen and oxygen atoms in total. The van der Waals surface area contributed by atoms with E-state index < -0.39 is 0 Å². The monoisotopic (exact) mass is 165 g/mol. The maximum Gasteiger partial charge on any atom is 0.306 e. The number of rotatable bonds is 2. The fourth-order valence-electron chi connectivity index (χ4n) is 0.133. The Kier molecular flexibility index (Phi) is 4.09. The van der Waals surface area contributed by atoms with Gasteiger partial charge in [-0.05, 0) is 22.9 Å². The zero-order chi connectivity index (χ0) is 5.70. The highest BCUT2D eigenvalue weighted by atomic mass is 79.9. The molecule has 0 saturated heterocycles. The van der Waals surface area contributed by atoms with Crippen LogP contribution in [0.4, 0.5) is 0 Å². The topological polar surface area (TPSA) is 26.3 Å². The highest BCUT2D eigenvalue weighted by Gasteiger charge is 1.92. The number of carbonyl (C=O) groups excluding carboxylic acids is 1. The lowest BCUT2D eigenvalue weighted by atomic mass is 10.5. The molecule has 0 atom stereocenters. The Balaban J connectivity index is 3.00. The predicted octanol–water partition coefficient (Wildman–Crippen LogP) is 1.11. The van der Waals surface area contributed by atoms with Crippen LogP contribution in [0.15, 0.2) is 0 Å². The van der Waals surface area contributed by atoms with Gasteiger partial charge in [0.25, 0.3) is 0 Å².